The number of amides is 1. The number of carbonyl (C=O) groups is 1. The summed E-state index contributed by atoms with van der Waals surface area (Å²) in [7, 11) is 1.73. The molecule has 0 bridgehead atoms. The maximum atomic E-state index is 13.6. The van der Waals surface area contributed by atoms with Gasteiger partial charge in [-0.05, 0) is 37.1 Å². The van der Waals surface area contributed by atoms with Crippen LogP contribution < -0.4 is 10.6 Å². The molecule has 0 saturated carbocycles. The van der Waals surface area contributed by atoms with Gasteiger partial charge in [0.05, 0.1) is 23.5 Å². The maximum Gasteiger partial charge on any atom is 0.253 e. The zero-order valence-corrected chi connectivity index (χ0v) is 12.3. The van der Waals surface area contributed by atoms with Crippen LogP contribution in [0.5, 0.6) is 0 Å². The first-order chi connectivity index (χ1) is 10.0. The van der Waals surface area contributed by atoms with Crippen molar-refractivity contribution in [2.75, 3.05) is 12.4 Å². The van der Waals surface area contributed by atoms with Gasteiger partial charge in [-0.3, -0.25) is 9.78 Å². The summed E-state index contributed by atoms with van der Waals surface area (Å²) in [6, 6.07) is 6.33. The van der Waals surface area contributed by atoms with Gasteiger partial charge < -0.3 is 10.6 Å². The lowest BCUT2D eigenvalue weighted by Crippen LogP contribution is -2.27. The molecule has 2 rings (SSSR count). The Morgan fingerprint density at radius 2 is 2.10 bits per heavy atom. The Hall–Kier alpha value is -2.43. The van der Waals surface area contributed by atoms with Gasteiger partial charge in [-0.2, -0.15) is 0 Å². The Morgan fingerprint density at radius 3 is 2.76 bits per heavy atom. The Bertz CT molecular complexity index is 658. The van der Waals surface area contributed by atoms with E-state index in [-0.39, 0.29) is 17.8 Å². The number of aromatic nitrogens is 1. The highest BCUT2D eigenvalue weighted by atomic mass is 19.1. The molecule has 1 atom stereocenters. The van der Waals surface area contributed by atoms with Crippen molar-refractivity contribution in [3.8, 4) is 0 Å². The van der Waals surface area contributed by atoms with Crippen molar-refractivity contribution in [2.45, 2.75) is 19.9 Å². The molecule has 5 heteroatoms. The van der Waals surface area contributed by atoms with Gasteiger partial charge in [-0.25, -0.2) is 4.39 Å². The number of pyridine rings is 1. The Labute approximate surface area is 123 Å². The number of halogens is 1. The highest BCUT2D eigenvalue weighted by molar-refractivity contribution is 5.99. The fourth-order valence-corrected chi connectivity index (χ4v) is 2.03. The zero-order chi connectivity index (χ0) is 15.4. The van der Waals surface area contributed by atoms with E-state index in [1.807, 2.05) is 13.0 Å². The summed E-state index contributed by atoms with van der Waals surface area (Å²) in [5.74, 6) is -0.497. The number of aryl methyl sites for hydroxylation is 1. The van der Waals surface area contributed by atoms with E-state index >= 15 is 0 Å². The number of carbonyl (C=O) groups excluding carboxylic acids is 1. The summed E-state index contributed by atoms with van der Waals surface area (Å²) in [5.41, 5.74) is 2.47. The Morgan fingerprint density at radius 1 is 1.33 bits per heavy atom. The number of hydrogen-bond donors (Lipinski definition) is 2. The molecule has 0 aliphatic carbocycles. The van der Waals surface area contributed by atoms with E-state index in [0.717, 1.165) is 5.56 Å². The quantitative estimate of drug-likeness (QED) is 0.908. The number of hydrogen-bond acceptors (Lipinski definition) is 3. The fraction of sp³-hybridized carbons (Fsp3) is 0.250. The van der Waals surface area contributed by atoms with E-state index in [2.05, 4.69) is 15.6 Å². The monoisotopic (exact) mass is 287 g/mol. The van der Waals surface area contributed by atoms with E-state index in [9.17, 15) is 9.18 Å². The average Bonchev–Trinajstić information content (AvgIpc) is 2.49. The lowest BCUT2D eigenvalue weighted by Gasteiger charge is -2.16. The van der Waals surface area contributed by atoms with E-state index in [1.165, 1.54) is 6.07 Å². The van der Waals surface area contributed by atoms with Crippen LogP contribution in [0.25, 0.3) is 0 Å². The summed E-state index contributed by atoms with van der Waals surface area (Å²) >= 11 is 0. The minimum Gasteiger partial charge on any atom is -0.386 e. The van der Waals surface area contributed by atoms with Gasteiger partial charge >= 0.3 is 0 Å². The second kappa shape index (κ2) is 6.35. The van der Waals surface area contributed by atoms with Gasteiger partial charge in [0.1, 0.15) is 5.82 Å². The first-order valence-corrected chi connectivity index (χ1v) is 6.71. The van der Waals surface area contributed by atoms with Crippen LogP contribution in [0.1, 0.15) is 34.5 Å². The van der Waals surface area contributed by atoms with Gasteiger partial charge in [-0.15, -0.1) is 0 Å². The molecular formula is C16H18FN3O. The van der Waals surface area contributed by atoms with E-state index in [1.54, 1.807) is 38.5 Å². The third-order valence-electron chi connectivity index (χ3n) is 3.38. The molecule has 0 aliphatic heterocycles. The highest BCUT2D eigenvalue weighted by Crippen LogP contribution is 2.18. The van der Waals surface area contributed by atoms with Crippen LogP contribution in [-0.4, -0.2) is 17.9 Å². The maximum absolute atomic E-state index is 13.6. The molecule has 0 radical (unpaired) electrons. The molecule has 1 aromatic carbocycles. The number of anilines is 1. The highest BCUT2D eigenvalue weighted by Gasteiger charge is 2.15. The molecule has 0 aliphatic rings. The summed E-state index contributed by atoms with van der Waals surface area (Å²) in [4.78, 5) is 16.3. The second-order valence-electron chi connectivity index (χ2n) is 4.88. The van der Waals surface area contributed by atoms with Crippen molar-refractivity contribution in [1.29, 1.82) is 0 Å². The minimum absolute atomic E-state index is 0.227. The molecule has 4 nitrogen and oxygen atoms in total. The number of benzene rings is 1. The largest absolute Gasteiger partial charge is 0.386 e. The molecule has 110 valence electrons. The fourth-order valence-electron chi connectivity index (χ4n) is 2.03. The van der Waals surface area contributed by atoms with Crippen LogP contribution in [0.2, 0.25) is 0 Å². The normalized spacial score (nSPS) is 11.8. The molecule has 0 fully saturated rings. The van der Waals surface area contributed by atoms with Gasteiger partial charge in [0.2, 0.25) is 0 Å². The summed E-state index contributed by atoms with van der Waals surface area (Å²) in [6.45, 7) is 3.53. The summed E-state index contributed by atoms with van der Waals surface area (Å²) in [5, 5.41) is 5.78. The molecular weight excluding hydrogens is 269 g/mol. The van der Waals surface area contributed by atoms with Crippen LogP contribution in [0.15, 0.2) is 36.7 Å². The van der Waals surface area contributed by atoms with Crippen LogP contribution >= 0.6 is 0 Å². The standard InChI is InChI=1S/C16H18FN3O/c1-10-4-5-12(8-14(10)17)11(2)20-16(21)13-6-7-19-9-15(13)18-3/h4-9,11,18H,1-3H3,(H,20,21). The van der Waals surface area contributed by atoms with Crippen molar-refractivity contribution in [3.05, 3.63) is 59.2 Å². The van der Waals surface area contributed by atoms with E-state index in [0.29, 0.717) is 16.8 Å². The Balaban J connectivity index is 2.16. The predicted octanol–water partition coefficient (Wildman–Crippen LogP) is 3.06. The van der Waals surface area contributed by atoms with Gasteiger partial charge in [0.25, 0.3) is 5.91 Å². The van der Waals surface area contributed by atoms with Crippen molar-refractivity contribution in [3.63, 3.8) is 0 Å². The molecule has 21 heavy (non-hydrogen) atoms. The van der Waals surface area contributed by atoms with Gasteiger partial charge in [0.15, 0.2) is 0 Å². The summed E-state index contributed by atoms with van der Waals surface area (Å²) in [6.07, 6.45) is 3.15. The smallest absolute Gasteiger partial charge is 0.253 e. The molecule has 1 heterocycles. The third-order valence-corrected chi connectivity index (χ3v) is 3.38. The molecule has 1 amide bonds. The summed E-state index contributed by atoms with van der Waals surface area (Å²) < 4.78 is 13.6. The average molecular weight is 287 g/mol. The lowest BCUT2D eigenvalue weighted by molar-refractivity contribution is 0.0940. The molecule has 1 unspecified atom stereocenters. The zero-order valence-electron chi connectivity index (χ0n) is 12.3. The molecule has 2 N–H and O–H groups in total. The number of rotatable bonds is 4. The van der Waals surface area contributed by atoms with Crippen LogP contribution in [0.4, 0.5) is 10.1 Å². The molecule has 2 aromatic rings. The van der Waals surface area contributed by atoms with Crippen molar-refractivity contribution >= 4 is 11.6 Å². The van der Waals surface area contributed by atoms with Crippen LogP contribution in [0, 0.1) is 12.7 Å². The van der Waals surface area contributed by atoms with Crippen LogP contribution in [0.3, 0.4) is 0 Å². The second-order valence-corrected chi connectivity index (χ2v) is 4.88. The van der Waals surface area contributed by atoms with E-state index in [4.69, 9.17) is 0 Å². The minimum atomic E-state index is -0.287. The molecule has 1 aromatic heterocycles. The van der Waals surface area contributed by atoms with Crippen LogP contribution in [-0.2, 0) is 0 Å². The van der Waals surface area contributed by atoms with Crippen molar-refractivity contribution < 1.29 is 9.18 Å². The predicted molar refractivity (Wildman–Crippen MR) is 80.8 cm³/mol. The molecule has 0 saturated heterocycles. The number of nitrogens with zero attached hydrogens (tertiary/aromatic N) is 1. The van der Waals surface area contributed by atoms with Gasteiger partial charge in [0, 0.05) is 13.2 Å². The Kier molecular flexibility index (Phi) is 4.52. The first kappa shape index (κ1) is 15.0. The molecule has 0 spiro atoms. The van der Waals surface area contributed by atoms with Crippen molar-refractivity contribution in [1.82, 2.24) is 10.3 Å². The third kappa shape index (κ3) is 3.37. The van der Waals surface area contributed by atoms with E-state index < -0.39 is 0 Å². The van der Waals surface area contributed by atoms with Crippen molar-refractivity contribution in [2.24, 2.45) is 0 Å². The first-order valence-electron chi connectivity index (χ1n) is 6.71. The topological polar surface area (TPSA) is 54.0 Å². The van der Waals surface area contributed by atoms with Gasteiger partial charge in [-0.1, -0.05) is 12.1 Å². The lowest BCUT2D eigenvalue weighted by atomic mass is 10.1. The number of nitrogens with one attached hydrogen (secondary N) is 2. The SMILES string of the molecule is CNc1cnccc1C(=O)NC(C)c1ccc(C)c(F)c1.